The summed E-state index contributed by atoms with van der Waals surface area (Å²) in [5.74, 6) is 0. The van der Waals surface area contributed by atoms with Crippen molar-refractivity contribution in [3.63, 3.8) is 0 Å². The standard InChI is InChI=1S/C14H21ClN2O/c1-2-9-18-13-6-4-8-17(11-13)10-12-5-3-7-14(15)16-12/h3,5,7,13H,2,4,6,8-11H2,1H3. The van der Waals surface area contributed by atoms with Crippen molar-refractivity contribution in [3.8, 4) is 0 Å². The monoisotopic (exact) mass is 268 g/mol. The summed E-state index contributed by atoms with van der Waals surface area (Å²) in [7, 11) is 0. The number of likely N-dealkylation sites (tertiary alicyclic amines) is 1. The summed E-state index contributed by atoms with van der Waals surface area (Å²) in [6.45, 7) is 6.02. The zero-order valence-corrected chi connectivity index (χ0v) is 11.7. The zero-order valence-electron chi connectivity index (χ0n) is 10.9. The van der Waals surface area contributed by atoms with Crippen molar-refractivity contribution in [2.45, 2.75) is 38.8 Å². The molecule has 4 heteroatoms. The Morgan fingerprint density at radius 1 is 1.50 bits per heavy atom. The molecule has 0 bridgehead atoms. The van der Waals surface area contributed by atoms with Gasteiger partial charge in [-0.05, 0) is 37.9 Å². The number of aromatic nitrogens is 1. The summed E-state index contributed by atoms with van der Waals surface area (Å²) >= 11 is 5.91. The Balaban J connectivity index is 1.85. The van der Waals surface area contributed by atoms with Crippen molar-refractivity contribution >= 4 is 11.6 Å². The van der Waals surface area contributed by atoms with Gasteiger partial charge in [0.1, 0.15) is 5.15 Å². The molecule has 0 aliphatic carbocycles. The molecule has 2 heterocycles. The summed E-state index contributed by atoms with van der Waals surface area (Å²) in [6, 6.07) is 5.80. The summed E-state index contributed by atoms with van der Waals surface area (Å²) in [4.78, 5) is 6.74. The molecule has 1 aliphatic heterocycles. The lowest BCUT2D eigenvalue weighted by atomic mass is 10.1. The van der Waals surface area contributed by atoms with E-state index in [0.717, 1.165) is 38.4 Å². The maximum Gasteiger partial charge on any atom is 0.129 e. The molecule has 1 unspecified atom stereocenters. The largest absolute Gasteiger partial charge is 0.377 e. The first-order chi connectivity index (χ1) is 8.78. The summed E-state index contributed by atoms with van der Waals surface area (Å²) in [6.07, 6.45) is 3.86. The molecule has 1 saturated heterocycles. The van der Waals surface area contributed by atoms with Crippen molar-refractivity contribution < 1.29 is 4.74 Å². The van der Waals surface area contributed by atoms with Crippen LogP contribution in [0.1, 0.15) is 31.9 Å². The molecule has 0 N–H and O–H groups in total. The van der Waals surface area contributed by atoms with Gasteiger partial charge in [0.25, 0.3) is 0 Å². The van der Waals surface area contributed by atoms with Crippen molar-refractivity contribution in [2.24, 2.45) is 0 Å². The Kier molecular flexibility index (Phi) is 5.42. The van der Waals surface area contributed by atoms with E-state index in [1.54, 1.807) is 0 Å². The molecule has 1 atom stereocenters. The molecular weight excluding hydrogens is 248 g/mol. The third-order valence-electron chi connectivity index (χ3n) is 3.18. The van der Waals surface area contributed by atoms with Gasteiger partial charge in [-0.2, -0.15) is 0 Å². The fourth-order valence-corrected chi connectivity index (χ4v) is 2.53. The normalized spacial score (nSPS) is 21.1. The second-order valence-corrected chi connectivity index (χ2v) is 5.21. The SMILES string of the molecule is CCCOC1CCCN(Cc2cccc(Cl)n2)C1. The topological polar surface area (TPSA) is 25.4 Å². The molecule has 0 amide bonds. The highest BCUT2D eigenvalue weighted by Gasteiger charge is 2.20. The van der Waals surface area contributed by atoms with E-state index in [4.69, 9.17) is 16.3 Å². The number of halogens is 1. The number of hydrogen-bond donors (Lipinski definition) is 0. The first-order valence-corrected chi connectivity index (χ1v) is 7.11. The van der Waals surface area contributed by atoms with E-state index in [-0.39, 0.29) is 0 Å². The van der Waals surface area contributed by atoms with Crippen LogP contribution in [0.15, 0.2) is 18.2 Å². The third-order valence-corrected chi connectivity index (χ3v) is 3.39. The molecule has 0 radical (unpaired) electrons. The lowest BCUT2D eigenvalue weighted by molar-refractivity contribution is -0.00252. The second kappa shape index (κ2) is 7.07. The van der Waals surface area contributed by atoms with E-state index >= 15 is 0 Å². The Morgan fingerprint density at radius 3 is 3.17 bits per heavy atom. The van der Waals surface area contributed by atoms with Gasteiger partial charge in [0.15, 0.2) is 0 Å². The second-order valence-electron chi connectivity index (χ2n) is 4.82. The van der Waals surface area contributed by atoms with Gasteiger partial charge in [-0.3, -0.25) is 4.90 Å². The van der Waals surface area contributed by atoms with Gasteiger partial charge < -0.3 is 4.74 Å². The summed E-state index contributed by atoms with van der Waals surface area (Å²) < 4.78 is 5.84. The van der Waals surface area contributed by atoms with Gasteiger partial charge in [0, 0.05) is 19.7 Å². The van der Waals surface area contributed by atoms with Crippen molar-refractivity contribution in [3.05, 3.63) is 29.0 Å². The molecule has 0 aromatic carbocycles. The Hall–Kier alpha value is -0.640. The molecule has 1 aromatic rings. The summed E-state index contributed by atoms with van der Waals surface area (Å²) in [5.41, 5.74) is 1.04. The van der Waals surface area contributed by atoms with E-state index in [9.17, 15) is 0 Å². The van der Waals surface area contributed by atoms with Crippen LogP contribution in [0.3, 0.4) is 0 Å². The Morgan fingerprint density at radius 2 is 2.39 bits per heavy atom. The third kappa shape index (κ3) is 4.23. The molecule has 2 rings (SSSR count). The number of ether oxygens (including phenoxy) is 1. The maximum absolute atomic E-state index is 5.91. The molecule has 1 fully saturated rings. The first kappa shape index (κ1) is 13.8. The molecule has 0 saturated carbocycles. The quantitative estimate of drug-likeness (QED) is 0.767. The van der Waals surface area contributed by atoms with Crippen molar-refractivity contribution in [2.75, 3.05) is 19.7 Å². The van der Waals surface area contributed by atoms with Gasteiger partial charge in [-0.25, -0.2) is 4.98 Å². The van der Waals surface area contributed by atoms with Crippen LogP contribution in [-0.2, 0) is 11.3 Å². The lowest BCUT2D eigenvalue weighted by Gasteiger charge is -2.32. The van der Waals surface area contributed by atoms with E-state index in [0.29, 0.717) is 11.3 Å². The number of rotatable bonds is 5. The minimum Gasteiger partial charge on any atom is -0.377 e. The van der Waals surface area contributed by atoms with Gasteiger partial charge in [0.05, 0.1) is 11.8 Å². The maximum atomic E-state index is 5.91. The van der Waals surface area contributed by atoms with Crippen LogP contribution in [0.2, 0.25) is 5.15 Å². The van der Waals surface area contributed by atoms with Crippen molar-refractivity contribution in [1.29, 1.82) is 0 Å². The van der Waals surface area contributed by atoms with Crippen LogP contribution in [-0.4, -0.2) is 35.7 Å². The highest BCUT2D eigenvalue weighted by atomic mass is 35.5. The average Bonchev–Trinajstić information content (AvgIpc) is 2.37. The van der Waals surface area contributed by atoms with E-state index in [1.807, 2.05) is 18.2 Å². The molecule has 100 valence electrons. The predicted octanol–water partition coefficient (Wildman–Crippen LogP) is 3.13. The smallest absolute Gasteiger partial charge is 0.129 e. The number of piperidine rings is 1. The fourth-order valence-electron chi connectivity index (χ4n) is 2.34. The number of nitrogens with zero attached hydrogens (tertiary/aromatic N) is 2. The van der Waals surface area contributed by atoms with Crippen molar-refractivity contribution in [1.82, 2.24) is 9.88 Å². The van der Waals surface area contributed by atoms with Gasteiger partial charge in [-0.1, -0.05) is 24.6 Å². The molecule has 18 heavy (non-hydrogen) atoms. The highest BCUT2D eigenvalue weighted by Crippen LogP contribution is 2.16. The van der Waals surface area contributed by atoms with Gasteiger partial charge >= 0.3 is 0 Å². The zero-order chi connectivity index (χ0) is 12.8. The fraction of sp³-hybridized carbons (Fsp3) is 0.643. The molecule has 1 aromatic heterocycles. The molecule has 1 aliphatic rings. The minimum atomic E-state index is 0.387. The number of pyridine rings is 1. The summed E-state index contributed by atoms with van der Waals surface area (Å²) in [5, 5.41) is 0.572. The number of hydrogen-bond acceptors (Lipinski definition) is 3. The van der Waals surface area contributed by atoms with Crippen LogP contribution in [0, 0.1) is 0 Å². The first-order valence-electron chi connectivity index (χ1n) is 6.73. The van der Waals surface area contributed by atoms with E-state index in [1.165, 1.54) is 12.8 Å². The van der Waals surface area contributed by atoms with Gasteiger partial charge in [0.2, 0.25) is 0 Å². The molecule has 3 nitrogen and oxygen atoms in total. The van der Waals surface area contributed by atoms with Crippen LogP contribution in [0.5, 0.6) is 0 Å². The van der Waals surface area contributed by atoms with Crippen LogP contribution in [0.25, 0.3) is 0 Å². The van der Waals surface area contributed by atoms with Crippen LogP contribution in [0.4, 0.5) is 0 Å². The van der Waals surface area contributed by atoms with E-state index in [2.05, 4.69) is 16.8 Å². The molecule has 0 spiro atoms. The molecular formula is C14H21ClN2O. The van der Waals surface area contributed by atoms with Crippen LogP contribution >= 0.6 is 11.6 Å². The van der Waals surface area contributed by atoms with Crippen LogP contribution < -0.4 is 0 Å². The highest BCUT2D eigenvalue weighted by molar-refractivity contribution is 6.29. The predicted molar refractivity (Wildman–Crippen MR) is 73.8 cm³/mol. The Labute approximate surface area is 114 Å². The average molecular weight is 269 g/mol. The van der Waals surface area contributed by atoms with E-state index < -0.39 is 0 Å². The van der Waals surface area contributed by atoms with Gasteiger partial charge in [-0.15, -0.1) is 0 Å². The Bertz CT molecular complexity index is 373. The lowest BCUT2D eigenvalue weighted by Crippen LogP contribution is -2.39. The minimum absolute atomic E-state index is 0.387.